The van der Waals surface area contributed by atoms with Gasteiger partial charge in [0.15, 0.2) is 4.34 Å². The number of nitrogens with zero attached hydrogens (tertiary/aromatic N) is 1. The topological polar surface area (TPSA) is 85.1 Å². The zero-order valence-corrected chi connectivity index (χ0v) is 11.9. The highest BCUT2D eigenvalue weighted by molar-refractivity contribution is 8.01. The summed E-state index contributed by atoms with van der Waals surface area (Å²) in [5, 5.41) is 2.53. The molecule has 0 aliphatic rings. The highest BCUT2D eigenvalue weighted by Crippen LogP contribution is 2.28. The van der Waals surface area contributed by atoms with Gasteiger partial charge in [0, 0.05) is 0 Å². The molecule has 3 N–H and O–H groups in total. The maximum Gasteiger partial charge on any atom is 0.239 e. The first kappa shape index (κ1) is 13.8. The van der Waals surface area contributed by atoms with Gasteiger partial charge in [-0.1, -0.05) is 23.9 Å². The molecular formula is C12H13N3O2S2. The zero-order valence-electron chi connectivity index (χ0n) is 10.3. The van der Waals surface area contributed by atoms with E-state index < -0.39 is 11.9 Å². The molecular weight excluding hydrogens is 282 g/mol. The number of benzene rings is 1. The van der Waals surface area contributed by atoms with Crippen molar-refractivity contribution < 1.29 is 9.59 Å². The number of aromatic nitrogens is 1. The predicted molar refractivity (Wildman–Crippen MR) is 77.1 cm³/mol. The fourth-order valence-electron chi connectivity index (χ4n) is 1.39. The summed E-state index contributed by atoms with van der Waals surface area (Å²) in [5.74, 6) is -0.550. The van der Waals surface area contributed by atoms with Crippen molar-refractivity contribution in [3.63, 3.8) is 0 Å². The van der Waals surface area contributed by atoms with Crippen molar-refractivity contribution in [2.75, 3.05) is 5.75 Å². The van der Waals surface area contributed by atoms with Gasteiger partial charge in [-0.05, 0) is 19.1 Å². The van der Waals surface area contributed by atoms with Crippen molar-refractivity contribution in [3.05, 3.63) is 24.3 Å². The van der Waals surface area contributed by atoms with Crippen LogP contribution in [0.25, 0.3) is 10.2 Å². The Morgan fingerprint density at radius 2 is 2.21 bits per heavy atom. The Hall–Kier alpha value is -1.60. The molecule has 100 valence electrons. The van der Waals surface area contributed by atoms with Gasteiger partial charge in [-0.3, -0.25) is 9.59 Å². The minimum atomic E-state index is -0.650. The van der Waals surface area contributed by atoms with Crippen molar-refractivity contribution in [3.8, 4) is 0 Å². The molecule has 19 heavy (non-hydrogen) atoms. The third kappa shape index (κ3) is 3.68. The van der Waals surface area contributed by atoms with Crippen LogP contribution in [0.2, 0.25) is 0 Å². The maximum atomic E-state index is 11.6. The van der Waals surface area contributed by atoms with Gasteiger partial charge in [-0.15, -0.1) is 11.3 Å². The van der Waals surface area contributed by atoms with Crippen LogP contribution in [0.4, 0.5) is 0 Å². The molecule has 0 aliphatic heterocycles. The molecule has 2 rings (SSSR count). The van der Waals surface area contributed by atoms with E-state index in [1.165, 1.54) is 11.8 Å². The van der Waals surface area contributed by atoms with Crippen LogP contribution < -0.4 is 11.1 Å². The van der Waals surface area contributed by atoms with Crippen LogP contribution in [-0.2, 0) is 9.59 Å². The molecule has 1 aromatic carbocycles. The minimum absolute atomic E-state index is 0.220. The Morgan fingerprint density at radius 3 is 2.89 bits per heavy atom. The second kappa shape index (κ2) is 6.03. The lowest BCUT2D eigenvalue weighted by molar-refractivity contribution is -0.125. The molecule has 1 unspecified atom stereocenters. The quantitative estimate of drug-likeness (QED) is 0.816. The SMILES string of the molecule is CC(NC(=O)CSc1nc2ccccc2s1)C(N)=O. The molecule has 0 saturated heterocycles. The number of nitrogens with one attached hydrogen (secondary N) is 1. The molecule has 7 heteroatoms. The number of hydrogen-bond donors (Lipinski definition) is 2. The first-order valence-electron chi connectivity index (χ1n) is 5.63. The average molecular weight is 295 g/mol. The monoisotopic (exact) mass is 295 g/mol. The van der Waals surface area contributed by atoms with E-state index in [-0.39, 0.29) is 11.7 Å². The van der Waals surface area contributed by atoms with Gasteiger partial charge < -0.3 is 11.1 Å². The molecule has 2 aromatic rings. The molecule has 0 radical (unpaired) electrons. The number of thiazole rings is 1. The number of amides is 2. The van der Waals surface area contributed by atoms with Gasteiger partial charge in [-0.2, -0.15) is 0 Å². The highest BCUT2D eigenvalue weighted by Gasteiger charge is 2.13. The Labute approximate surface area is 118 Å². The van der Waals surface area contributed by atoms with Crippen LogP contribution >= 0.6 is 23.1 Å². The van der Waals surface area contributed by atoms with E-state index in [9.17, 15) is 9.59 Å². The molecule has 1 atom stereocenters. The lowest BCUT2D eigenvalue weighted by Crippen LogP contribution is -2.42. The first-order valence-corrected chi connectivity index (χ1v) is 7.43. The van der Waals surface area contributed by atoms with Crippen LogP contribution in [0.3, 0.4) is 0 Å². The molecule has 0 aliphatic carbocycles. The molecule has 0 fully saturated rings. The fraction of sp³-hybridized carbons (Fsp3) is 0.250. The van der Waals surface area contributed by atoms with Gasteiger partial charge in [0.25, 0.3) is 0 Å². The summed E-state index contributed by atoms with van der Waals surface area (Å²) in [6.07, 6.45) is 0. The number of carbonyl (C=O) groups is 2. The number of thioether (sulfide) groups is 1. The Kier molecular flexibility index (Phi) is 4.39. The summed E-state index contributed by atoms with van der Waals surface area (Å²) in [4.78, 5) is 26.8. The Balaban J connectivity index is 1.91. The predicted octanol–water partition coefficient (Wildman–Crippen LogP) is 1.38. The van der Waals surface area contributed by atoms with Crippen molar-refractivity contribution in [2.45, 2.75) is 17.3 Å². The average Bonchev–Trinajstić information content (AvgIpc) is 2.78. The van der Waals surface area contributed by atoms with Crippen LogP contribution in [0.15, 0.2) is 28.6 Å². The first-order chi connectivity index (χ1) is 9.06. The van der Waals surface area contributed by atoms with Crippen LogP contribution in [0.1, 0.15) is 6.92 Å². The van der Waals surface area contributed by atoms with E-state index in [0.717, 1.165) is 14.6 Å². The van der Waals surface area contributed by atoms with Gasteiger partial charge in [0.2, 0.25) is 11.8 Å². The highest BCUT2D eigenvalue weighted by atomic mass is 32.2. The van der Waals surface area contributed by atoms with E-state index in [0.29, 0.717) is 0 Å². The lowest BCUT2D eigenvalue weighted by Gasteiger charge is -2.08. The van der Waals surface area contributed by atoms with E-state index in [4.69, 9.17) is 5.73 Å². The second-order valence-electron chi connectivity index (χ2n) is 3.93. The van der Waals surface area contributed by atoms with Crippen molar-refractivity contribution in [1.29, 1.82) is 0 Å². The molecule has 1 heterocycles. The summed E-state index contributed by atoms with van der Waals surface area (Å²) in [6.45, 7) is 1.56. The summed E-state index contributed by atoms with van der Waals surface area (Å²) in [6, 6.07) is 7.16. The molecule has 2 amide bonds. The maximum absolute atomic E-state index is 11.6. The standard InChI is InChI=1S/C12H13N3O2S2/c1-7(11(13)17)14-10(16)6-18-12-15-8-4-2-3-5-9(8)19-12/h2-5,7H,6H2,1H3,(H2,13,17)(H,14,16). The number of carbonyl (C=O) groups excluding carboxylic acids is 2. The molecule has 0 saturated carbocycles. The number of hydrogen-bond acceptors (Lipinski definition) is 5. The summed E-state index contributed by atoms with van der Waals surface area (Å²) < 4.78 is 1.93. The lowest BCUT2D eigenvalue weighted by atomic mass is 10.3. The summed E-state index contributed by atoms with van der Waals surface area (Å²) in [7, 11) is 0. The Bertz CT molecular complexity index is 579. The van der Waals surface area contributed by atoms with Gasteiger partial charge in [0.05, 0.1) is 16.0 Å². The van der Waals surface area contributed by atoms with E-state index in [2.05, 4.69) is 10.3 Å². The molecule has 5 nitrogen and oxygen atoms in total. The number of rotatable bonds is 5. The largest absolute Gasteiger partial charge is 0.368 e. The smallest absolute Gasteiger partial charge is 0.239 e. The van der Waals surface area contributed by atoms with Gasteiger partial charge >= 0.3 is 0 Å². The fourth-order valence-corrected chi connectivity index (χ4v) is 3.27. The Morgan fingerprint density at radius 1 is 1.47 bits per heavy atom. The van der Waals surface area contributed by atoms with E-state index in [1.807, 2.05) is 24.3 Å². The number of primary amides is 1. The van der Waals surface area contributed by atoms with E-state index >= 15 is 0 Å². The van der Waals surface area contributed by atoms with Crippen LogP contribution in [0.5, 0.6) is 0 Å². The van der Waals surface area contributed by atoms with Crippen molar-refractivity contribution >= 4 is 45.1 Å². The molecule has 1 aromatic heterocycles. The molecule has 0 spiro atoms. The number of fused-ring (bicyclic) bond motifs is 1. The summed E-state index contributed by atoms with van der Waals surface area (Å²) >= 11 is 2.90. The minimum Gasteiger partial charge on any atom is -0.368 e. The van der Waals surface area contributed by atoms with E-state index in [1.54, 1.807) is 18.3 Å². The number of nitrogens with two attached hydrogens (primary N) is 1. The van der Waals surface area contributed by atoms with Crippen molar-refractivity contribution in [1.82, 2.24) is 10.3 Å². The second-order valence-corrected chi connectivity index (χ2v) is 6.18. The van der Waals surface area contributed by atoms with Gasteiger partial charge in [-0.25, -0.2) is 4.98 Å². The normalized spacial score (nSPS) is 12.3. The third-order valence-electron chi connectivity index (χ3n) is 2.41. The van der Waals surface area contributed by atoms with Crippen LogP contribution in [0, 0.1) is 0 Å². The van der Waals surface area contributed by atoms with Crippen molar-refractivity contribution in [2.24, 2.45) is 5.73 Å². The zero-order chi connectivity index (χ0) is 13.8. The van der Waals surface area contributed by atoms with Crippen LogP contribution in [-0.4, -0.2) is 28.6 Å². The third-order valence-corrected chi connectivity index (χ3v) is 4.58. The molecule has 0 bridgehead atoms. The van der Waals surface area contributed by atoms with Gasteiger partial charge in [0.1, 0.15) is 6.04 Å². The number of para-hydroxylation sites is 1. The summed E-state index contributed by atoms with van der Waals surface area (Å²) in [5.41, 5.74) is 6.00.